The van der Waals surface area contributed by atoms with Crippen LogP contribution in [0.25, 0.3) is 0 Å². The van der Waals surface area contributed by atoms with Crippen LogP contribution in [-0.4, -0.2) is 18.0 Å². The van der Waals surface area contributed by atoms with Crippen molar-refractivity contribution in [1.29, 1.82) is 0 Å². The minimum Gasteiger partial charge on any atom is -0.315 e. The summed E-state index contributed by atoms with van der Waals surface area (Å²) in [5.41, 5.74) is 2.66. The number of para-hydroxylation sites is 1. The Hall–Kier alpha value is -2.73. The van der Waals surface area contributed by atoms with Crippen LogP contribution >= 0.6 is 11.6 Å². The lowest BCUT2D eigenvalue weighted by atomic mass is 10.2. The minimum absolute atomic E-state index is 0.0793. The van der Waals surface area contributed by atoms with Gasteiger partial charge in [0.15, 0.2) is 0 Å². The maximum atomic E-state index is 13.3. The molecular weight excluding hydrogens is 309 g/mol. The maximum absolute atomic E-state index is 13.3. The van der Waals surface area contributed by atoms with E-state index in [2.05, 4.69) is 10.4 Å². The molecule has 2 rings (SSSR count). The fourth-order valence-electron chi connectivity index (χ4n) is 1.51. The zero-order valence-corrected chi connectivity index (χ0v) is 12.0. The number of anilines is 1. The van der Waals surface area contributed by atoms with Crippen LogP contribution in [0.1, 0.15) is 5.56 Å². The molecule has 0 fully saturated rings. The first-order valence-electron chi connectivity index (χ1n) is 6.21. The Morgan fingerprint density at radius 1 is 1.05 bits per heavy atom. The van der Waals surface area contributed by atoms with Gasteiger partial charge in [-0.25, -0.2) is 9.82 Å². The minimum atomic E-state index is -1.02. The number of benzene rings is 2. The SMILES string of the molecule is O=C(N/N=C/c1ccc(Cl)cc1)C(=O)Nc1ccccc1F. The van der Waals surface area contributed by atoms with E-state index in [9.17, 15) is 14.0 Å². The van der Waals surface area contributed by atoms with Gasteiger partial charge in [-0.1, -0.05) is 35.9 Å². The lowest BCUT2D eigenvalue weighted by molar-refractivity contribution is -0.136. The van der Waals surface area contributed by atoms with Crippen molar-refractivity contribution in [1.82, 2.24) is 5.43 Å². The van der Waals surface area contributed by atoms with Gasteiger partial charge in [0, 0.05) is 5.02 Å². The normalized spacial score (nSPS) is 10.5. The number of hydrogen-bond acceptors (Lipinski definition) is 3. The van der Waals surface area contributed by atoms with Crippen molar-refractivity contribution >= 4 is 35.3 Å². The highest BCUT2D eigenvalue weighted by molar-refractivity contribution is 6.39. The molecule has 2 aromatic carbocycles. The molecule has 0 aromatic heterocycles. The maximum Gasteiger partial charge on any atom is 0.329 e. The number of carbonyl (C=O) groups is 2. The van der Waals surface area contributed by atoms with Gasteiger partial charge in [-0.15, -0.1) is 0 Å². The largest absolute Gasteiger partial charge is 0.329 e. The van der Waals surface area contributed by atoms with Crippen molar-refractivity contribution in [3.05, 3.63) is 64.9 Å². The van der Waals surface area contributed by atoms with E-state index in [0.717, 1.165) is 0 Å². The van der Waals surface area contributed by atoms with E-state index in [-0.39, 0.29) is 5.69 Å². The molecule has 112 valence electrons. The summed E-state index contributed by atoms with van der Waals surface area (Å²) in [5.74, 6) is -2.65. The van der Waals surface area contributed by atoms with Crippen molar-refractivity contribution in [3.63, 3.8) is 0 Å². The highest BCUT2D eigenvalue weighted by atomic mass is 35.5. The lowest BCUT2D eigenvalue weighted by Crippen LogP contribution is -2.32. The molecule has 0 bridgehead atoms. The summed E-state index contributed by atoms with van der Waals surface area (Å²) in [4.78, 5) is 23.1. The van der Waals surface area contributed by atoms with Crippen molar-refractivity contribution < 1.29 is 14.0 Å². The van der Waals surface area contributed by atoms with Crippen LogP contribution in [0.15, 0.2) is 53.6 Å². The van der Waals surface area contributed by atoms with Crippen LogP contribution in [0, 0.1) is 5.82 Å². The Balaban J connectivity index is 1.90. The molecule has 0 unspecified atom stereocenters. The molecule has 22 heavy (non-hydrogen) atoms. The quantitative estimate of drug-likeness (QED) is 0.518. The molecule has 0 atom stereocenters. The highest BCUT2D eigenvalue weighted by Gasteiger charge is 2.14. The molecule has 5 nitrogen and oxygen atoms in total. The number of hydrogen-bond donors (Lipinski definition) is 2. The number of halogens is 2. The first kappa shape index (κ1) is 15.7. The fourth-order valence-corrected chi connectivity index (χ4v) is 1.63. The standard InChI is InChI=1S/C15H11ClFN3O2/c16-11-7-5-10(6-8-11)9-18-20-15(22)14(21)19-13-4-2-1-3-12(13)17/h1-9H,(H,19,21)(H,20,22)/b18-9+. The van der Waals surface area contributed by atoms with Gasteiger partial charge in [0.05, 0.1) is 11.9 Å². The van der Waals surface area contributed by atoms with Gasteiger partial charge in [-0.3, -0.25) is 9.59 Å². The molecule has 0 spiro atoms. The van der Waals surface area contributed by atoms with Gasteiger partial charge in [0.25, 0.3) is 0 Å². The summed E-state index contributed by atoms with van der Waals surface area (Å²) in [6, 6.07) is 12.2. The molecule has 0 radical (unpaired) electrons. The molecule has 0 heterocycles. The topological polar surface area (TPSA) is 70.6 Å². The first-order valence-corrected chi connectivity index (χ1v) is 6.58. The molecule has 2 aromatic rings. The van der Waals surface area contributed by atoms with Crippen molar-refractivity contribution in [2.45, 2.75) is 0 Å². The Labute approximate surface area is 130 Å². The number of amides is 2. The molecular formula is C15H11ClFN3O2. The molecule has 0 aliphatic heterocycles. The van der Waals surface area contributed by atoms with Crippen LogP contribution in [0.4, 0.5) is 10.1 Å². The molecule has 0 saturated carbocycles. The number of rotatable bonds is 3. The van der Waals surface area contributed by atoms with Gasteiger partial charge in [0.2, 0.25) is 0 Å². The highest BCUT2D eigenvalue weighted by Crippen LogP contribution is 2.11. The summed E-state index contributed by atoms with van der Waals surface area (Å²) in [7, 11) is 0. The number of carbonyl (C=O) groups excluding carboxylic acids is 2. The van der Waals surface area contributed by atoms with Crippen molar-refractivity contribution in [2.75, 3.05) is 5.32 Å². The van der Waals surface area contributed by atoms with Crippen LogP contribution < -0.4 is 10.7 Å². The summed E-state index contributed by atoms with van der Waals surface area (Å²) in [5, 5.41) is 6.36. The van der Waals surface area contributed by atoms with E-state index in [1.165, 1.54) is 30.5 Å². The zero-order chi connectivity index (χ0) is 15.9. The van der Waals surface area contributed by atoms with Gasteiger partial charge >= 0.3 is 11.8 Å². The van der Waals surface area contributed by atoms with Crippen LogP contribution in [0.3, 0.4) is 0 Å². The third kappa shape index (κ3) is 4.39. The Kier molecular flexibility index (Phi) is 5.21. The van der Waals surface area contributed by atoms with Crippen LogP contribution in [0.2, 0.25) is 5.02 Å². The number of nitrogens with one attached hydrogen (secondary N) is 2. The second-order valence-electron chi connectivity index (χ2n) is 4.18. The van der Waals surface area contributed by atoms with E-state index in [0.29, 0.717) is 10.6 Å². The van der Waals surface area contributed by atoms with Gasteiger partial charge in [-0.05, 0) is 29.8 Å². The van der Waals surface area contributed by atoms with E-state index in [1.54, 1.807) is 24.3 Å². The predicted octanol–water partition coefficient (Wildman–Crippen LogP) is 2.57. The zero-order valence-electron chi connectivity index (χ0n) is 11.2. The van der Waals surface area contributed by atoms with Gasteiger partial charge < -0.3 is 5.32 Å². The second-order valence-corrected chi connectivity index (χ2v) is 4.62. The summed E-state index contributed by atoms with van der Waals surface area (Å²) < 4.78 is 13.3. The van der Waals surface area contributed by atoms with E-state index in [1.807, 2.05) is 5.43 Å². The summed E-state index contributed by atoms with van der Waals surface area (Å²) >= 11 is 5.73. The van der Waals surface area contributed by atoms with E-state index < -0.39 is 17.6 Å². The molecule has 0 aliphatic carbocycles. The molecule has 7 heteroatoms. The van der Waals surface area contributed by atoms with Gasteiger partial charge in [-0.2, -0.15) is 5.10 Å². The predicted molar refractivity (Wildman–Crippen MR) is 82.2 cm³/mol. The summed E-state index contributed by atoms with van der Waals surface area (Å²) in [6.45, 7) is 0. The molecule has 2 N–H and O–H groups in total. The third-order valence-corrected chi connectivity index (χ3v) is 2.83. The Morgan fingerprint density at radius 3 is 2.41 bits per heavy atom. The van der Waals surface area contributed by atoms with Crippen LogP contribution in [-0.2, 0) is 9.59 Å². The summed E-state index contributed by atoms with van der Waals surface area (Å²) in [6.07, 6.45) is 1.35. The van der Waals surface area contributed by atoms with Crippen molar-refractivity contribution in [3.8, 4) is 0 Å². The number of nitrogens with zero attached hydrogens (tertiary/aromatic N) is 1. The number of hydrazone groups is 1. The first-order chi connectivity index (χ1) is 10.6. The van der Waals surface area contributed by atoms with Gasteiger partial charge in [0.1, 0.15) is 5.82 Å². The lowest BCUT2D eigenvalue weighted by Gasteiger charge is -2.04. The fraction of sp³-hybridized carbons (Fsp3) is 0. The smallest absolute Gasteiger partial charge is 0.315 e. The van der Waals surface area contributed by atoms with Crippen molar-refractivity contribution in [2.24, 2.45) is 5.10 Å². The second kappa shape index (κ2) is 7.33. The Morgan fingerprint density at radius 2 is 1.73 bits per heavy atom. The average Bonchev–Trinajstić information content (AvgIpc) is 2.51. The third-order valence-electron chi connectivity index (χ3n) is 2.58. The molecule has 2 amide bonds. The monoisotopic (exact) mass is 319 g/mol. The molecule has 0 saturated heterocycles. The van der Waals surface area contributed by atoms with E-state index >= 15 is 0 Å². The van der Waals surface area contributed by atoms with Crippen LogP contribution in [0.5, 0.6) is 0 Å². The molecule has 0 aliphatic rings. The average molecular weight is 320 g/mol. The Bertz CT molecular complexity index is 717. The van der Waals surface area contributed by atoms with E-state index in [4.69, 9.17) is 11.6 Å².